The van der Waals surface area contributed by atoms with Crippen LogP contribution in [0.25, 0.3) is 10.9 Å². The Morgan fingerprint density at radius 1 is 1.27 bits per heavy atom. The number of benzene rings is 2. The molecule has 1 aromatic heterocycles. The van der Waals surface area contributed by atoms with E-state index in [4.69, 9.17) is 0 Å². The largest absolute Gasteiger partial charge is 0.435 e. The highest BCUT2D eigenvalue weighted by Crippen LogP contribution is 2.17. The Hall–Kier alpha value is -3.89. The van der Waals surface area contributed by atoms with Crippen molar-refractivity contribution in [3.05, 3.63) is 74.8 Å². The average Bonchev–Trinajstić information content (AvgIpc) is 2.70. The van der Waals surface area contributed by atoms with Crippen LogP contribution in [-0.2, 0) is 17.9 Å². The van der Waals surface area contributed by atoms with E-state index in [0.717, 1.165) is 10.6 Å². The zero-order valence-corrected chi connectivity index (χ0v) is 15.7. The quantitative estimate of drug-likeness (QED) is 0.431. The van der Waals surface area contributed by atoms with Gasteiger partial charge in [-0.05, 0) is 23.8 Å². The molecule has 1 amide bonds. The van der Waals surface area contributed by atoms with E-state index >= 15 is 0 Å². The number of likely N-dealkylation sites (N-methyl/N-ethyl adjacent to an activating group) is 1. The number of hydrogen-bond acceptors (Lipinski definition) is 6. The summed E-state index contributed by atoms with van der Waals surface area (Å²) in [5, 5.41) is 11.0. The van der Waals surface area contributed by atoms with Gasteiger partial charge >= 0.3 is 6.61 Å². The molecule has 9 nitrogen and oxygen atoms in total. The molecule has 2 aromatic carbocycles. The third kappa shape index (κ3) is 4.74. The van der Waals surface area contributed by atoms with Gasteiger partial charge in [-0.25, -0.2) is 4.98 Å². The summed E-state index contributed by atoms with van der Waals surface area (Å²) in [6.07, 6.45) is 1.21. The van der Waals surface area contributed by atoms with Gasteiger partial charge in [-0.15, -0.1) is 0 Å². The summed E-state index contributed by atoms with van der Waals surface area (Å²) in [4.78, 5) is 40.8. The number of fused-ring (bicyclic) bond motifs is 1. The van der Waals surface area contributed by atoms with Gasteiger partial charge in [0.25, 0.3) is 11.2 Å². The van der Waals surface area contributed by atoms with Gasteiger partial charge in [-0.2, -0.15) is 8.78 Å². The Labute approximate surface area is 168 Å². The van der Waals surface area contributed by atoms with Crippen LogP contribution >= 0.6 is 0 Å². The van der Waals surface area contributed by atoms with Gasteiger partial charge in [-0.1, -0.05) is 12.1 Å². The van der Waals surface area contributed by atoms with Crippen LogP contribution < -0.4 is 10.3 Å². The highest BCUT2D eigenvalue weighted by Gasteiger charge is 2.15. The lowest BCUT2D eigenvalue weighted by molar-refractivity contribution is -0.384. The Balaban J connectivity index is 1.73. The van der Waals surface area contributed by atoms with Gasteiger partial charge in [0.2, 0.25) is 5.91 Å². The van der Waals surface area contributed by atoms with E-state index < -0.39 is 23.0 Å². The smallest absolute Gasteiger partial charge is 0.387 e. The highest BCUT2D eigenvalue weighted by molar-refractivity contribution is 5.80. The summed E-state index contributed by atoms with van der Waals surface area (Å²) < 4.78 is 29.7. The van der Waals surface area contributed by atoms with Crippen molar-refractivity contribution in [3.63, 3.8) is 0 Å². The summed E-state index contributed by atoms with van der Waals surface area (Å²) in [6, 6.07) is 9.56. The maximum absolute atomic E-state index is 12.6. The molecule has 0 fully saturated rings. The fourth-order valence-corrected chi connectivity index (χ4v) is 2.78. The van der Waals surface area contributed by atoms with Gasteiger partial charge in [0.1, 0.15) is 12.3 Å². The predicted octanol–water partition coefficient (Wildman–Crippen LogP) is 2.56. The molecule has 11 heteroatoms. The van der Waals surface area contributed by atoms with Crippen molar-refractivity contribution in [2.24, 2.45) is 0 Å². The van der Waals surface area contributed by atoms with Crippen molar-refractivity contribution in [2.45, 2.75) is 19.7 Å². The third-order valence-corrected chi connectivity index (χ3v) is 4.32. The molecule has 0 aliphatic rings. The maximum Gasteiger partial charge on any atom is 0.387 e. The zero-order chi connectivity index (χ0) is 21.8. The predicted molar refractivity (Wildman–Crippen MR) is 102 cm³/mol. The van der Waals surface area contributed by atoms with E-state index in [0.29, 0.717) is 5.56 Å². The Kier molecular flexibility index (Phi) is 6.00. The monoisotopic (exact) mass is 418 g/mol. The molecule has 0 spiro atoms. The highest BCUT2D eigenvalue weighted by atomic mass is 19.3. The molecule has 0 bridgehead atoms. The van der Waals surface area contributed by atoms with E-state index in [2.05, 4.69) is 9.72 Å². The van der Waals surface area contributed by atoms with Gasteiger partial charge in [0.15, 0.2) is 0 Å². The molecule has 0 radical (unpaired) electrons. The molecule has 0 saturated carbocycles. The number of nitrogens with zero attached hydrogens (tertiary/aromatic N) is 4. The molecule has 3 rings (SSSR count). The van der Waals surface area contributed by atoms with Crippen LogP contribution in [0.1, 0.15) is 5.56 Å². The minimum Gasteiger partial charge on any atom is -0.435 e. The van der Waals surface area contributed by atoms with Gasteiger partial charge in [-0.3, -0.25) is 24.3 Å². The minimum atomic E-state index is -2.92. The molecule has 1 heterocycles. The summed E-state index contributed by atoms with van der Waals surface area (Å²) in [5.41, 5.74) is 0.140. The lowest BCUT2D eigenvalue weighted by Crippen LogP contribution is -2.33. The molecule has 156 valence electrons. The first kappa shape index (κ1) is 20.8. The first-order valence-corrected chi connectivity index (χ1v) is 8.66. The number of nitro benzene ring substituents is 1. The van der Waals surface area contributed by atoms with Gasteiger partial charge < -0.3 is 9.64 Å². The number of carbonyl (C=O) groups is 1. The van der Waals surface area contributed by atoms with Gasteiger partial charge in [0.05, 0.1) is 22.2 Å². The Bertz CT molecular complexity index is 1150. The summed E-state index contributed by atoms with van der Waals surface area (Å²) in [6.45, 7) is -3.06. The van der Waals surface area contributed by atoms with Crippen molar-refractivity contribution in [1.29, 1.82) is 0 Å². The number of hydrogen-bond donors (Lipinski definition) is 0. The molecule has 0 N–H and O–H groups in total. The number of ether oxygens (including phenoxy) is 1. The van der Waals surface area contributed by atoms with E-state index in [-0.39, 0.29) is 35.4 Å². The van der Waals surface area contributed by atoms with Crippen LogP contribution in [-0.4, -0.2) is 38.9 Å². The van der Waals surface area contributed by atoms with Crippen LogP contribution in [0.3, 0.4) is 0 Å². The molecule has 0 atom stereocenters. The number of rotatable bonds is 7. The molecule has 0 aliphatic heterocycles. The number of alkyl halides is 2. The van der Waals surface area contributed by atoms with E-state index in [1.165, 1.54) is 42.5 Å². The first-order chi connectivity index (χ1) is 14.2. The van der Waals surface area contributed by atoms with Crippen LogP contribution in [0.15, 0.2) is 53.6 Å². The van der Waals surface area contributed by atoms with Crippen LogP contribution in [0.4, 0.5) is 14.5 Å². The van der Waals surface area contributed by atoms with Crippen molar-refractivity contribution < 1.29 is 23.2 Å². The Morgan fingerprint density at radius 2 is 1.97 bits per heavy atom. The lowest BCUT2D eigenvalue weighted by atomic mass is 10.2. The Morgan fingerprint density at radius 3 is 2.60 bits per heavy atom. The van der Waals surface area contributed by atoms with E-state index in [1.54, 1.807) is 12.1 Å². The molecule has 0 saturated heterocycles. The SMILES string of the molecule is CN(Cc1ccc(OC(F)F)cc1)C(=O)Cn1cnc2ccc([N+](=O)[O-])cc2c1=O. The number of halogens is 2. The van der Waals surface area contributed by atoms with E-state index in [9.17, 15) is 28.5 Å². The number of carbonyl (C=O) groups excluding carboxylic acids is 1. The second kappa shape index (κ2) is 8.64. The number of amides is 1. The fraction of sp³-hybridized carbons (Fsp3) is 0.211. The second-order valence-corrected chi connectivity index (χ2v) is 6.41. The topological polar surface area (TPSA) is 108 Å². The number of nitro groups is 1. The van der Waals surface area contributed by atoms with Crippen molar-refractivity contribution in [1.82, 2.24) is 14.5 Å². The summed E-state index contributed by atoms with van der Waals surface area (Å²) >= 11 is 0. The average molecular weight is 418 g/mol. The standard InChI is InChI=1S/C19H16F2N4O5/c1-23(9-12-2-5-14(6-3-12)30-19(20)21)17(26)10-24-11-22-16-7-4-13(25(28)29)8-15(16)18(24)27/h2-8,11,19H,9-10H2,1H3. The third-order valence-electron chi connectivity index (χ3n) is 4.32. The molecule has 0 aliphatic carbocycles. The number of non-ortho nitro benzene ring substituents is 1. The van der Waals surface area contributed by atoms with Crippen LogP contribution in [0.5, 0.6) is 5.75 Å². The van der Waals surface area contributed by atoms with Crippen molar-refractivity contribution in [2.75, 3.05) is 7.05 Å². The van der Waals surface area contributed by atoms with Crippen LogP contribution in [0.2, 0.25) is 0 Å². The maximum atomic E-state index is 12.6. The minimum absolute atomic E-state index is 0.00520. The normalized spacial score (nSPS) is 10.9. The fourth-order valence-electron chi connectivity index (χ4n) is 2.78. The lowest BCUT2D eigenvalue weighted by Gasteiger charge is -2.18. The van der Waals surface area contributed by atoms with Crippen molar-refractivity contribution >= 4 is 22.5 Å². The molecule has 30 heavy (non-hydrogen) atoms. The number of aromatic nitrogens is 2. The second-order valence-electron chi connectivity index (χ2n) is 6.41. The molecular formula is C19H16F2N4O5. The first-order valence-electron chi connectivity index (χ1n) is 8.66. The molecular weight excluding hydrogens is 402 g/mol. The van der Waals surface area contributed by atoms with Crippen molar-refractivity contribution in [3.8, 4) is 5.75 Å². The van der Waals surface area contributed by atoms with Crippen LogP contribution in [0, 0.1) is 10.1 Å². The molecule has 0 unspecified atom stereocenters. The van der Waals surface area contributed by atoms with Gasteiger partial charge in [0, 0.05) is 25.7 Å². The molecule has 3 aromatic rings. The summed E-state index contributed by atoms with van der Waals surface area (Å²) in [7, 11) is 1.52. The van der Waals surface area contributed by atoms with E-state index in [1.807, 2.05) is 0 Å². The zero-order valence-electron chi connectivity index (χ0n) is 15.7. The summed E-state index contributed by atoms with van der Waals surface area (Å²) in [5.74, 6) is -0.401.